The molecule has 10 heteroatoms. The summed E-state index contributed by atoms with van der Waals surface area (Å²) in [5, 5.41) is 0.412. The van der Waals surface area contributed by atoms with Gasteiger partial charge in [-0.1, -0.05) is 0 Å². The predicted molar refractivity (Wildman–Crippen MR) is 102 cm³/mol. The van der Waals surface area contributed by atoms with Crippen LogP contribution >= 0.6 is 67.8 Å². The van der Waals surface area contributed by atoms with Gasteiger partial charge >= 0.3 is 11.9 Å². The van der Waals surface area contributed by atoms with Crippen molar-refractivity contribution >= 4 is 91.5 Å². The number of imide groups is 1. The van der Waals surface area contributed by atoms with Crippen LogP contribution in [0.25, 0.3) is 0 Å². The second-order valence-corrected chi connectivity index (χ2v) is 7.74. The molecule has 0 radical (unpaired) electrons. The van der Waals surface area contributed by atoms with E-state index < -0.39 is 30.4 Å². The van der Waals surface area contributed by atoms with Crippen LogP contribution in [0.3, 0.4) is 0 Å². The van der Waals surface area contributed by atoms with Crippen molar-refractivity contribution in [2.45, 2.75) is 12.8 Å². The molecule has 2 amide bonds. The van der Waals surface area contributed by atoms with Crippen LogP contribution in [0.5, 0.6) is 0 Å². The van der Waals surface area contributed by atoms with E-state index in [1.54, 1.807) is 6.07 Å². The zero-order chi connectivity index (χ0) is 17.1. The average molecular weight is 655 g/mol. The number of ether oxygens (including phenoxy) is 1. The Morgan fingerprint density at radius 2 is 1.61 bits per heavy atom. The minimum Gasteiger partial charge on any atom is -0.450 e. The van der Waals surface area contributed by atoms with Crippen molar-refractivity contribution in [3.05, 3.63) is 28.4 Å². The van der Waals surface area contributed by atoms with Gasteiger partial charge in [-0.2, -0.15) is 0 Å². The first-order valence-corrected chi connectivity index (χ1v) is 9.42. The van der Waals surface area contributed by atoms with Crippen LogP contribution in [-0.2, 0) is 24.0 Å². The molecule has 1 aromatic rings. The minimum atomic E-state index is -0.988. The molecule has 0 saturated carbocycles. The van der Waals surface area contributed by atoms with Gasteiger partial charge in [0, 0.05) is 23.6 Å². The number of carbonyl (C=O) groups excluding carboxylic acids is 4. The maximum Gasteiger partial charge on any atom is 0.370 e. The van der Waals surface area contributed by atoms with Gasteiger partial charge in [-0.05, 0) is 79.9 Å². The second kappa shape index (κ2) is 8.04. The molecular formula is C13H8I3NO6. The van der Waals surface area contributed by atoms with Crippen molar-refractivity contribution in [1.82, 2.24) is 5.06 Å². The number of hydroxylamine groups is 2. The smallest absolute Gasteiger partial charge is 0.370 e. The minimum absolute atomic E-state index is 0.00471. The van der Waals surface area contributed by atoms with Crippen LogP contribution < -0.4 is 0 Å². The molecule has 1 fully saturated rings. The SMILES string of the molecule is O=C(COC(=O)c1c(I)ccc(I)c1I)ON1C(=O)CCC1=O. The maximum atomic E-state index is 12.1. The Morgan fingerprint density at radius 1 is 1.04 bits per heavy atom. The molecule has 2 rings (SSSR count). The van der Waals surface area contributed by atoms with Crippen molar-refractivity contribution in [1.29, 1.82) is 0 Å². The number of amides is 2. The Hall–Kier alpha value is -0.510. The van der Waals surface area contributed by atoms with Gasteiger partial charge in [-0.3, -0.25) is 9.59 Å². The van der Waals surface area contributed by atoms with Gasteiger partial charge in [0.1, 0.15) is 0 Å². The van der Waals surface area contributed by atoms with Crippen LogP contribution in [0.1, 0.15) is 23.2 Å². The summed E-state index contributed by atoms with van der Waals surface area (Å²) < 4.78 is 7.20. The van der Waals surface area contributed by atoms with Crippen LogP contribution in [0.15, 0.2) is 12.1 Å². The maximum absolute atomic E-state index is 12.1. The Morgan fingerprint density at radius 3 is 2.22 bits per heavy atom. The van der Waals surface area contributed by atoms with Gasteiger partial charge in [-0.25, -0.2) is 9.59 Å². The quantitative estimate of drug-likeness (QED) is 0.214. The molecule has 1 saturated heterocycles. The number of hydrogen-bond acceptors (Lipinski definition) is 6. The van der Waals surface area contributed by atoms with Gasteiger partial charge in [0.2, 0.25) is 0 Å². The van der Waals surface area contributed by atoms with Crippen LogP contribution in [0.2, 0.25) is 0 Å². The number of nitrogens with zero attached hydrogens (tertiary/aromatic N) is 1. The van der Waals surface area contributed by atoms with Crippen LogP contribution in [0, 0.1) is 10.7 Å². The zero-order valence-electron chi connectivity index (χ0n) is 11.3. The fourth-order valence-electron chi connectivity index (χ4n) is 1.70. The molecular weight excluding hydrogens is 647 g/mol. The molecule has 1 heterocycles. The van der Waals surface area contributed by atoms with Gasteiger partial charge in [0.15, 0.2) is 6.61 Å². The highest BCUT2D eigenvalue weighted by Crippen LogP contribution is 2.25. The highest BCUT2D eigenvalue weighted by Gasteiger charge is 2.33. The fraction of sp³-hybridized carbons (Fsp3) is 0.231. The third-order valence-electron chi connectivity index (χ3n) is 2.77. The van der Waals surface area contributed by atoms with E-state index in [9.17, 15) is 19.2 Å². The molecule has 0 aromatic heterocycles. The Kier molecular flexibility index (Phi) is 6.58. The van der Waals surface area contributed by atoms with Crippen molar-refractivity contribution in [3.8, 4) is 0 Å². The standard InChI is InChI=1S/C13H8I3NO6/c14-6-1-2-7(15)12(16)11(6)13(21)22-5-10(20)23-17-8(18)3-4-9(17)19/h1-2H,3-5H2. The van der Waals surface area contributed by atoms with E-state index in [0.29, 0.717) is 14.2 Å². The van der Waals surface area contributed by atoms with Crippen molar-refractivity contribution in [3.63, 3.8) is 0 Å². The summed E-state index contributed by atoms with van der Waals surface area (Å²) in [5.41, 5.74) is 0.360. The molecule has 23 heavy (non-hydrogen) atoms. The summed E-state index contributed by atoms with van der Waals surface area (Å²) in [4.78, 5) is 51.0. The Balaban J connectivity index is 1.97. The lowest BCUT2D eigenvalue weighted by Crippen LogP contribution is -2.33. The number of halogens is 3. The first-order valence-electron chi connectivity index (χ1n) is 6.18. The van der Waals surface area contributed by atoms with Crippen LogP contribution in [-0.4, -0.2) is 35.4 Å². The van der Waals surface area contributed by atoms with Gasteiger partial charge in [-0.15, -0.1) is 5.06 Å². The normalized spacial score (nSPS) is 14.1. The Labute approximate surface area is 171 Å². The van der Waals surface area contributed by atoms with E-state index in [-0.39, 0.29) is 12.8 Å². The summed E-state index contributed by atoms with van der Waals surface area (Å²) in [6.07, 6.45) is 0.00941. The molecule has 1 aliphatic rings. The predicted octanol–water partition coefficient (Wildman–Crippen LogP) is 2.26. The van der Waals surface area contributed by atoms with E-state index in [4.69, 9.17) is 4.74 Å². The topological polar surface area (TPSA) is 90.0 Å². The molecule has 7 nitrogen and oxygen atoms in total. The molecule has 122 valence electrons. The number of hydrogen-bond donors (Lipinski definition) is 0. The molecule has 0 spiro atoms. The third kappa shape index (κ3) is 4.52. The third-order valence-corrected chi connectivity index (χ3v) is 6.72. The molecule has 1 aliphatic heterocycles. The van der Waals surface area contributed by atoms with Crippen molar-refractivity contribution in [2.75, 3.05) is 6.61 Å². The highest BCUT2D eigenvalue weighted by molar-refractivity contribution is 14.1. The monoisotopic (exact) mass is 655 g/mol. The summed E-state index contributed by atoms with van der Waals surface area (Å²) >= 11 is 6.11. The number of esters is 1. The fourth-order valence-corrected chi connectivity index (χ4v) is 4.02. The van der Waals surface area contributed by atoms with E-state index in [1.807, 2.05) is 51.2 Å². The number of carbonyl (C=O) groups is 4. The van der Waals surface area contributed by atoms with Crippen LogP contribution in [0.4, 0.5) is 0 Å². The number of rotatable bonds is 4. The first-order chi connectivity index (χ1) is 10.8. The van der Waals surface area contributed by atoms with Crippen molar-refractivity contribution in [2.24, 2.45) is 0 Å². The van der Waals surface area contributed by atoms with E-state index in [2.05, 4.69) is 27.4 Å². The highest BCUT2D eigenvalue weighted by atomic mass is 127. The largest absolute Gasteiger partial charge is 0.450 e. The first kappa shape index (κ1) is 18.8. The van der Waals surface area contributed by atoms with Gasteiger partial charge in [0.05, 0.1) is 5.56 Å². The molecule has 0 aliphatic carbocycles. The Bertz CT molecular complexity index is 689. The summed E-state index contributed by atoms with van der Waals surface area (Å²) in [6.45, 7) is -0.687. The van der Waals surface area contributed by atoms with E-state index in [0.717, 1.165) is 7.14 Å². The zero-order valence-corrected chi connectivity index (χ0v) is 17.8. The summed E-state index contributed by atoms with van der Waals surface area (Å²) in [5.74, 6) is -2.83. The van der Waals surface area contributed by atoms with Gasteiger partial charge < -0.3 is 9.57 Å². The molecule has 1 aromatic carbocycles. The lowest BCUT2D eigenvalue weighted by atomic mass is 10.2. The summed E-state index contributed by atoms with van der Waals surface area (Å²) in [6, 6.07) is 3.63. The van der Waals surface area contributed by atoms with Gasteiger partial charge in [0.25, 0.3) is 11.8 Å². The van der Waals surface area contributed by atoms with Crippen molar-refractivity contribution < 1.29 is 28.8 Å². The number of benzene rings is 1. The van der Waals surface area contributed by atoms with E-state index >= 15 is 0 Å². The average Bonchev–Trinajstić information content (AvgIpc) is 2.81. The molecule has 0 N–H and O–H groups in total. The molecule has 0 bridgehead atoms. The lowest BCUT2D eigenvalue weighted by Gasteiger charge is -2.13. The molecule has 0 unspecified atom stereocenters. The lowest BCUT2D eigenvalue weighted by molar-refractivity contribution is -0.199. The molecule has 0 atom stereocenters. The summed E-state index contributed by atoms with van der Waals surface area (Å²) in [7, 11) is 0. The van der Waals surface area contributed by atoms with E-state index in [1.165, 1.54) is 0 Å². The second-order valence-electron chi connectivity index (χ2n) is 4.34.